The Bertz CT molecular complexity index is 461. The van der Waals surface area contributed by atoms with Crippen LogP contribution in [0.15, 0.2) is 18.2 Å². The van der Waals surface area contributed by atoms with Gasteiger partial charge in [-0.3, -0.25) is 4.79 Å². The number of carbonyl (C=O) groups excluding carboxylic acids is 1. The normalized spacial score (nSPS) is 20.8. The second-order valence-electron chi connectivity index (χ2n) is 4.66. The summed E-state index contributed by atoms with van der Waals surface area (Å²) in [4.78, 5) is 11.2. The van der Waals surface area contributed by atoms with E-state index in [0.29, 0.717) is 24.0 Å². The van der Waals surface area contributed by atoms with Gasteiger partial charge in [-0.05, 0) is 25.1 Å². The Labute approximate surface area is 118 Å². The van der Waals surface area contributed by atoms with Gasteiger partial charge in [-0.25, -0.2) is 0 Å². The van der Waals surface area contributed by atoms with Gasteiger partial charge < -0.3 is 20.1 Å². The molecule has 3 rings (SSSR count). The predicted molar refractivity (Wildman–Crippen MR) is 74.3 cm³/mol. The lowest BCUT2D eigenvalue weighted by Gasteiger charge is -2.19. The third-order valence-corrected chi connectivity index (χ3v) is 3.23. The lowest BCUT2D eigenvalue weighted by Crippen LogP contribution is -2.25. The second kappa shape index (κ2) is 6.12. The molecule has 0 spiro atoms. The van der Waals surface area contributed by atoms with Crippen LogP contribution >= 0.6 is 12.4 Å². The minimum absolute atomic E-state index is 0. The molecule has 1 unspecified atom stereocenters. The number of hydrogen-bond acceptors (Lipinski definition) is 4. The second-order valence-corrected chi connectivity index (χ2v) is 4.66. The average Bonchev–Trinajstić information content (AvgIpc) is 2.89. The number of nitrogens with one attached hydrogen (secondary N) is 2. The Hall–Kier alpha value is -1.46. The van der Waals surface area contributed by atoms with Crippen molar-refractivity contribution in [1.82, 2.24) is 5.32 Å². The zero-order valence-electron chi connectivity index (χ0n) is 10.5. The standard InChI is InChI=1S/C13H16N2O3.ClH/c16-13-8-18-12-2-1-10(5-11(12)15-13)17-7-9-3-4-14-6-9;/h1-2,5,9,14H,3-4,6-8H2,(H,15,16);1H. The van der Waals surface area contributed by atoms with E-state index in [1.54, 1.807) is 0 Å². The van der Waals surface area contributed by atoms with Crippen LogP contribution in [0.4, 0.5) is 5.69 Å². The first-order valence-electron chi connectivity index (χ1n) is 6.21. The van der Waals surface area contributed by atoms with Gasteiger partial charge in [0.2, 0.25) is 0 Å². The van der Waals surface area contributed by atoms with Crippen molar-refractivity contribution in [2.75, 3.05) is 31.6 Å². The molecular formula is C13H17ClN2O3. The van der Waals surface area contributed by atoms with Crippen LogP contribution in [0.5, 0.6) is 11.5 Å². The van der Waals surface area contributed by atoms with Crippen molar-refractivity contribution in [2.24, 2.45) is 5.92 Å². The zero-order chi connectivity index (χ0) is 12.4. The topological polar surface area (TPSA) is 59.6 Å². The minimum Gasteiger partial charge on any atom is -0.493 e. The molecule has 19 heavy (non-hydrogen) atoms. The van der Waals surface area contributed by atoms with Crippen LogP contribution < -0.4 is 20.1 Å². The Morgan fingerprint density at radius 3 is 3.11 bits per heavy atom. The van der Waals surface area contributed by atoms with Gasteiger partial charge in [0.1, 0.15) is 11.5 Å². The average molecular weight is 285 g/mol. The fraction of sp³-hybridized carbons (Fsp3) is 0.462. The molecule has 0 bridgehead atoms. The highest BCUT2D eigenvalue weighted by Crippen LogP contribution is 2.31. The van der Waals surface area contributed by atoms with Crippen LogP contribution in [-0.4, -0.2) is 32.2 Å². The van der Waals surface area contributed by atoms with E-state index in [0.717, 1.165) is 25.3 Å². The van der Waals surface area contributed by atoms with E-state index in [4.69, 9.17) is 9.47 Å². The summed E-state index contributed by atoms with van der Waals surface area (Å²) in [5, 5.41) is 6.08. The molecule has 1 aromatic carbocycles. The first-order valence-corrected chi connectivity index (χ1v) is 6.21. The number of anilines is 1. The van der Waals surface area contributed by atoms with Crippen molar-refractivity contribution in [2.45, 2.75) is 6.42 Å². The van der Waals surface area contributed by atoms with Crippen LogP contribution in [0.25, 0.3) is 0 Å². The van der Waals surface area contributed by atoms with Crippen molar-refractivity contribution in [3.8, 4) is 11.5 Å². The first kappa shape index (κ1) is 14.0. The number of carbonyl (C=O) groups is 1. The van der Waals surface area contributed by atoms with Crippen LogP contribution in [0.2, 0.25) is 0 Å². The van der Waals surface area contributed by atoms with E-state index >= 15 is 0 Å². The van der Waals surface area contributed by atoms with Gasteiger partial charge in [0.15, 0.2) is 6.61 Å². The monoisotopic (exact) mass is 284 g/mol. The zero-order valence-corrected chi connectivity index (χ0v) is 11.3. The van der Waals surface area contributed by atoms with E-state index in [-0.39, 0.29) is 24.9 Å². The summed E-state index contributed by atoms with van der Waals surface area (Å²) in [6.45, 7) is 2.88. The lowest BCUT2D eigenvalue weighted by molar-refractivity contribution is -0.118. The molecule has 6 heteroatoms. The maximum absolute atomic E-state index is 11.2. The largest absolute Gasteiger partial charge is 0.493 e. The number of hydrogen-bond donors (Lipinski definition) is 2. The number of amides is 1. The van der Waals surface area contributed by atoms with Crippen molar-refractivity contribution in [3.63, 3.8) is 0 Å². The molecule has 0 aromatic heterocycles. The number of fused-ring (bicyclic) bond motifs is 1. The van der Waals surface area contributed by atoms with Crippen LogP contribution in [-0.2, 0) is 4.79 Å². The molecule has 0 radical (unpaired) electrons. The summed E-state index contributed by atoms with van der Waals surface area (Å²) in [5.74, 6) is 1.92. The summed E-state index contributed by atoms with van der Waals surface area (Å²) in [7, 11) is 0. The number of halogens is 1. The van der Waals surface area contributed by atoms with Crippen molar-refractivity contribution < 1.29 is 14.3 Å². The number of ether oxygens (including phenoxy) is 2. The molecule has 0 aliphatic carbocycles. The molecule has 1 atom stereocenters. The van der Waals surface area contributed by atoms with Crippen molar-refractivity contribution in [3.05, 3.63) is 18.2 Å². The summed E-state index contributed by atoms with van der Waals surface area (Å²) in [6.07, 6.45) is 1.16. The molecule has 2 aliphatic heterocycles. The summed E-state index contributed by atoms with van der Waals surface area (Å²) >= 11 is 0. The Balaban J connectivity index is 0.00000133. The molecule has 1 saturated heterocycles. The van der Waals surface area contributed by atoms with Crippen molar-refractivity contribution in [1.29, 1.82) is 0 Å². The maximum atomic E-state index is 11.2. The Morgan fingerprint density at radius 2 is 2.32 bits per heavy atom. The smallest absolute Gasteiger partial charge is 0.262 e. The molecule has 2 N–H and O–H groups in total. The minimum atomic E-state index is -0.125. The van der Waals surface area contributed by atoms with E-state index < -0.39 is 0 Å². The summed E-state index contributed by atoms with van der Waals surface area (Å²) in [6, 6.07) is 5.52. The predicted octanol–water partition coefficient (Wildman–Crippen LogP) is 1.43. The molecule has 104 valence electrons. The third kappa shape index (κ3) is 3.30. The fourth-order valence-electron chi connectivity index (χ4n) is 2.22. The molecular weight excluding hydrogens is 268 g/mol. The third-order valence-electron chi connectivity index (χ3n) is 3.23. The van der Waals surface area contributed by atoms with Gasteiger partial charge in [0.05, 0.1) is 12.3 Å². The Kier molecular flexibility index (Phi) is 4.50. The Morgan fingerprint density at radius 1 is 1.42 bits per heavy atom. The summed E-state index contributed by atoms with van der Waals surface area (Å²) in [5.41, 5.74) is 0.688. The van der Waals surface area contributed by atoms with E-state index in [1.165, 1.54) is 0 Å². The molecule has 0 saturated carbocycles. The molecule has 2 heterocycles. The maximum Gasteiger partial charge on any atom is 0.262 e. The van der Waals surface area contributed by atoms with Gasteiger partial charge >= 0.3 is 0 Å². The van der Waals surface area contributed by atoms with E-state index in [9.17, 15) is 4.79 Å². The molecule has 2 aliphatic rings. The highest BCUT2D eigenvalue weighted by Gasteiger charge is 2.18. The van der Waals surface area contributed by atoms with Crippen LogP contribution in [0, 0.1) is 5.92 Å². The van der Waals surface area contributed by atoms with Gasteiger partial charge in [0, 0.05) is 18.5 Å². The van der Waals surface area contributed by atoms with Crippen LogP contribution in [0.1, 0.15) is 6.42 Å². The van der Waals surface area contributed by atoms with E-state index in [2.05, 4.69) is 10.6 Å². The van der Waals surface area contributed by atoms with Gasteiger partial charge in [0.25, 0.3) is 5.91 Å². The van der Waals surface area contributed by atoms with E-state index in [1.807, 2.05) is 18.2 Å². The van der Waals surface area contributed by atoms with Crippen LogP contribution in [0.3, 0.4) is 0 Å². The number of benzene rings is 1. The van der Waals surface area contributed by atoms with Crippen molar-refractivity contribution >= 4 is 24.0 Å². The fourth-order valence-corrected chi connectivity index (χ4v) is 2.22. The first-order chi connectivity index (χ1) is 8.81. The highest BCUT2D eigenvalue weighted by atomic mass is 35.5. The van der Waals surface area contributed by atoms with Gasteiger partial charge in [-0.1, -0.05) is 0 Å². The molecule has 1 fully saturated rings. The summed E-state index contributed by atoms with van der Waals surface area (Å²) < 4.78 is 11.0. The number of rotatable bonds is 3. The quantitative estimate of drug-likeness (QED) is 0.881. The SMILES string of the molecule is Cl.O=C1COc2ccc(OCC3CCNC3)cc2N1. The molecule has 5 nitrogen and oxygen atoms in total. The lowest BCUT2D eigenvalue weighted by atomic mass is 10.1. The van der Waals surface area contributed by atoms with Gasteiger partial charge in [-0.15, -0.1) is 12.4 Å². The molecule has 1 amide bonds. The molecule has 1 aromatic rings. The van der Waals surface area contributed by atoms with Gasteiger partial charge in [-0.2, -0.15) is 0 Å². The highest BCUT2D eigenvalue weighted by molar-refractivity contribution is 5.95.